The summed E-state index contributed by atoms with van der Waals surface area (Å²) in [6.45, 7) is 0. The third kappa shape index (κ3) is 2.54. The number of anilines is 1. The third-order valence-electron chi connectivity index (χ3n) is 3.28. The van der Waals surface area contributed by atoms with Gasteiger partial charge in [0, 0.05) is 12.3 Å². The Kier molecular flexibility index (Phi) is 3.45. The van der Waals surface area contributed by atoms with Crippen molar-refractivity contribution in [2.24, 2.45) is 0 Å². The number of hydrogen-bond acceptors (Lipinski definition) is 6. The fourth-order valence-electron chi connectivity index (χ4n) is 2.12. The molecule has 0 bridgehead atoms. The Morgan fingerprint density at radius 1 is 1.17 bits per heavy atom. The van der Waals surface area contributed by atoms with Gasteiger partial charge in [0.15, 0.2) is 11.4 Å². The number of amides is 1. The number of rotatable bonds is 3. The number of hydrogen-bond donors (Lipinski definition) is 5. The molecule has 1 aromatic carbocycles. The second-order valence-corrected chi connectivity index (χ2v) is 4.85. The first kappa shape index (κ1) is 15.2. The van der Waals surface area contributed by atoms with E-state index < -0.39 is 28.9 Å². The van der Waals surface area contributed by atoms with E-state index in [1.54, 1.807) is 0 Å². The fraction of sp³-hybridized carbons (Fsp3) is 0. The van der Waals surface area contributed by atoms with E-state index in [1.165, 1.54) is 12.1 Å². The van der Waals surface area contributed by atoms with Crippen LogP contribution in [0.4, 0.5) is 5.69 Å². The van der Waals surface area contributed by atoms with Gasteiger partial charge in [0.2, 0.25) is 0 Å². The molecule has 0 radical (unpaired) electrons. The zero-order chi connectivity index (χ0) is 17.4. The Balaban J connectivity index is 2.00. The van der Waals surface area contributed by atoms with Gasteiger partial charge in [-0.15, -0.1) is 0 Å². The molecule has 9 nitrogen and oxygen atoms in total. The standard InChI is InChI=1S/C15H10N2O7/c18-7-1-2-8-10(4-7)24-15(23)11(12(8)19)17-13(20)6-3-9(14(21)22)16-5-6/h1-5,16,18-19H,(H,17,20)(H,21,22). The zero-order valence-electron chi connectivity index (χ0n) is 11.9. The van der Waals surface area contributed by atoms with Gasteiger partial charge in [-0.25, -0.2) is 9.59 Å². The molecule has 0 spiro atoms. The fourth-order valence-corrected chi connectivity index (χ4v) is 2.12. The number of aromatic hydroxyl groups is 2. The highest BCUT2D eigenvalue weighted by Crippen LogP contribution is 2.31. The van der Waals surface area contributed by atoms with Crippen LogP contribution in [0.25, 0.3) is 11.0 Å². The lowest BCUT2D eigenvalue weighted by Gasteiger charge is -2.07. The van der Waals surface area contributed by atoms with Crippen molar-refractivity contribution < 1.29 is 29.3 Å². The minimum atomic E-state index is -1.25. The van der Waals surface area contributed by atoms with Crippen molar-refractivity contribution in [2.75, 3.05) is 5.32 Å². The van der Waals surface area contributed by atoms with Crippen molar-refractivity contribution in [1.29, 1.82) is 0 Å². The number of carbonyl (C=O) groups is 2. The number of benzene rings is 1. The monoisotopic (exact) mass is 330 g/mol. The maximum atomic E-state index is 12.1. The Bertz CT molecular complexity index is 1030. The molecule has 0 aliphatic rings. The van der Waals surface area contributed by atoms with Gasteiger partial charge in [-0.05, 0) is 18.2 Å². The SMILES string of the molecule is O=C(Nc1c(O)c2ccc(O)cc2oc1=O)c1c[nH]c(C(=O)O)c1. The first-order valence-corrected chi connectivity index (χ1v) is 6.58. The predicted molar refractivity (Wildman–Crippen MR) is 81.5 cm³/mol. The van der Waals surface area contributed by atoms with Gasteiger partial charge in [0.05, 0.1) is 10.9 Å². The molecule has 0 fully saturated rings. The molecule has 2 heterocycles. The van der Waals surface area contributed by atoms with Crippen LogP contribution in [-0.2, 0) is 0 Å². The maximum Gasteiger partial charge on any atom is 0.364 e. The molecule has 0 aliphatic heterocycles. The summed E-state index contributed by atoms with van der Waals surface area (Å²) < 4.78 is 4.94. The van der Waals surface area contributed by atoms with Gasteiger partial charge in [0.25, 0.3) is 5.91 Å². The number of nitrogens with one attached hydrogen (secondary N) is 2. The van der Waals surface area contributed by atoms with Gasteiger partial charge >= 0.3 is 11.6 Å². The quantitative estimate of drug-likeness (QED) is 0.456. The highest BCUT2D eigenvalue weighted by atomic mass is 16.4. The molecule has 0 atom stereocenters. The number of carboxylic acid groups (broad SMARTS) is 1. The van der Waals surface area contributed by atoms with E-state index in [1.807, 2.05) is 0 Å². The van der Waals surface area contributed by atoms with Crippen LogP contribution in [0.2, 0.25) is 0 Å². The van der Waals surface area contributed by atoms with Gasteiger partial charge in [-0.3, -0.25) is 4.79 Å². The molecule has 0 saturated carbocycles. The molecule has 1 amide bonds. The van der Waals surface area contributed by atoms with Gasteiger partial charge in [-0.1, -0.05) is 0 Å². The number of aromatic nitrogens is 1. The number of carboxylic acids is 1. The molecule has 2 aromatic heterocycles. The van der Waals surface area contributed by atoms with Crippen LogP contribution >= 0.6 is 0 Å². The number of fused-ring (bicyclic) bond motifs is 1. The molecule has 122 valence electrons. The van der Waals surface area contributed by atoms with Crippen LogP contribution in [0.15, 0.2) is 39.7 Å². The van der Waals surface area contributed by atoms with E-state index in [0.29, 0.717) is 0 Å². The molecular formula is C15H10N2O7. The van der Waals surface area contributed by atoms with Crippen LogP contribution in [0, 0.1) is 0 Å². The molecule has 0 saturated heterocycles. The van der Waals surface area contributed by atoms with Crippen LogP contribution in [0.1, 0.15) is 20.8 Å². The number of aromatic carboxylic acids is 1. The minimum Gasteiger partial charge on any atom is -0.508 e. The molecule has 9 heteroatoms. The molecule has 0 aliphatic carbocycles. The van der Waals surface area contributed by atoms with E-state index >= 15 is 0 Å². The van der Waals surface area contributed by atoms with Gasteiger partial charge in [0.1, 0.15) is 17.0 Å². The average Bonchev–Trinajstić information content (AvgIpc) is 3.01. The topological polar surface area (TPSA) is 153 Å². The normalized spacial score (nSPS) is 10.7. The van der Waals surface area contributed by atoms with E-state index in [0.717, 1.165) is 18.3 Å². The van der Waals surface area contributed by atoms with Crippen LogP contribution in [0.5, 0.6) is 11.5 Å². The van der Waals surface area contributed by atoms with Crippen molar-refractivity contribution in [2.45, 2.75) is 0 Å². The average molecular weight is 330 g/mol. The van der Waals surface area contributed by atoms with Crippen molar-refractivity contribution >= 4 is 28.5 Å². The summed E-state index contributed by atoms with van der Waals surface area (Å²) in [5.41, 5.74) is -1.81. The maximum absolute atomic E-state index is 12.1. The molecule has 0 unspecified atom stereocenters. The van der Waals surface area contributed by atoms with Crippen LogP contribution < -0.4 is 10.9 Å². The van der Waals surface area contributed by atoms with E-state index in [4.69, 9.17) is 9.52 Å². The Hall–Kier alpha value is -3.75. The summed E-state index contributed by atoms with van der Waals surface area (Å²) in [6, 6.07) is 4.82. The summed E-state index contributed by atoms with van der Waals surface area (Å²) >= 11 is 0. The van der Waals surface area contributed by atoms with E-state index in [2.05, 4.69) is 10.3 Å². The lowest BCUT2D eigenvalue weighted by atomic mass is 10.2. The van der Waals surface area contributed by atoms with Crippen molar-refractivity contribution in [3.63, 3.8) is 0 Å². The first-order valence-electron chi connectivity index (χ1n) is 6.58. The zero-order valence-corrected chi connectivity index (χ0v) is 11.9. The number of phenolic OH excluding ortho intramolecular Hbond substituents is 1. The Morgan fingerprint density at radius 2 is 1.92 bits per heavy atom. The van der Waals surface area contributed by atoms with E-state index in [-0.39, 0.29) is 28.0 Å². The number of phenols is 1. The highest BCUT2D eigenvalue weighted by Gasteiger charge is 2.19. The van der Waals surface area contributed by atoms with Crippen LogP contribution in [0.3, 0.4) is 0 Å². The van der Waals surface area contributed by atoms with Gasteiger partial charge < -0.3 is 30.0 Å². The molecule has 3 aromatic rings. The Labute approximate surface area is 132 Å². The van der Waals surface area contributed by atoms with Gasteiger partial charge in [-0.2, -0.15) is 0 Å². The lowest BCUT2D eigenvalue weighted by molar-refractivity contribution is 0.0691. The Morgan fingerprint density at radius 3 is 2.58 bits per heavy atom. The highest BCUT2D eigenvalue weighted by molar-refractivity contribution is 6.07. The summed E-state index contributed by atoms with van der Waals surface area (Å²) in [6.07, 6.45) is 1.15. The predicted octanol–water partition coefficient (Wildman–Crippen LogP) is 1.48. The molecule has 3 rings (SSSR count). The largest absolute Gasteiger partial charge is 0.508 e. The molecular weight excluding hydrogens is 320 g/mol. The number of carbonyl (C=O) groups excluding carboxylic acids is 1. The second-order valence-electron chi connectivity index (χ2n) is 4.85. The summed E-state index contributed by atoms with van der Waals surface area (Å²) in [7, 11) is 0. The molecule has 24 heavy (non-hydrogen) atoms. The smallest absolute Gasteiger partial charge is 0.364 e. The van der Waals surface area contributed by atoms with Crippen LogP contribution in [-0.4, -0.2) is 32.2 Å². The number of H-pyrrole nitrogens is 1. The second kappa shape index (κ2) is 5.47. The van der Waals surface area contributed by atoms with Crippen molar-refractivity contribution in [3.8, 4) is 11.5 Å². The summed E-state index contributed by atoms with van der Waals surface area (Å²) in [4.78, 5) is 37.2. The third-order valence-corrected chi connectivity index (χ3v) is 3.28. The van der Waals surface area contributed by atoms with E-state index in [9.17, 15) is 24.6 Å². The van der Waals surface area contributed by atoms with Crippen molar-refractivity contribution in [1.82, 2.24) is 4.98 Å². The lowest BCUT2D eigenvalue weighted by Crippen LogP contribution is -2.17. The number of aromatic amines is 1. The summed E-state index contributed by atoms with van der Waals surface area (Å²) in [5, 5.41) is 30.6. The molecule has 5 N–H and O–H groups in total. The minimum absolute atomic E-state index is 0.0444. The first-order chi connectivity index (χ1) is 11.4. The summed E-state index contributed by atoms with van der Waals surface area (Å²) in [5.74, 6) is -2.74. The van der Waals surface area contributed by atoms with Crippen molar-refractivity contribution in [3.05, 3.63) is 52.1 Å².